The monoisotopic (exact) mass is 561 g/mol. The van der Waals surface area contributed by atoms with Crippen molar-refractivity contribution in [2.24, 2.45) is 23.5 Å². The number of allylic oxidation sites excluding steroid dienone is 1. The van der Waals surface area contributed by atoms with E-state index in [1.54, 1.807) is 37.2 Å². The molecule has 0 bridgehead atoms. The molecule has 1 fully saturated rings. The maximum absolute atomic E-state index is 14.1. The van der Waals surface area contributed by atoms with Crippen LogP contribution in [0.15, 0.2) is 47.7 Å². The predicted octanol–water partition coefficient (Wildman–Crippen LogP) is 1.52. The van der Waals surface area contributed by atoms with E-state index in [4.69, 9.17) is 5.73 Å². The number of ketones is 2. The van der Waals surface area contributed by atoms with E-state index in [0.717, 1.165) is 5.56 Å². The normalized spacial score (nSPS) is 29.4. The highest BCUT2D eigenvalue weighted by molar-refractivity contribution is 6.16. The molecule has 0 aromatic heterocycles. The van der Waals surface area contributed by atoms with Crippen LogP contribution in [0.25, 0.3) is 12.2 Å². The summed E-state index contributed by atoms with van der Waals surface area (Å²) in [5.74, 6) is -7.52. The van der Waals surface area contributed by atoms with Crippen molar-refractivity contribution in [1.82, 2.24) is 4.90 Å². The molecule has 2 aromatic rings. The van der Waals surface area contributed by atoms with Crippen LogP contribution in [0, 0.1) is 17.8 Å². The molecule has 0 heterocycles. The fourth-order valence-electron chi connectivity index (χ4n) is 6.95. The fourth-order valence-corrected chi connectivity index (χ4v) is 6.95. The van der Waals surface area contributed by atoms with Crippen LogP contribution in [0.3, 0.4) is 0 Å². The SMILES string of the molecule is CN(C)c1cc(/C=C/c2ccccc2)c(O)c2c1C[C@H]1C[C@H]3[C@H](N(C)C)C(O)C(C(N)=O)C(=O)[C@@]3(O)C(O)=C1C2=O. The number of hydrogen-bond donors (Lipinski definition) is 5. The zero-order valence-electron chi connectivity index (χ0n) is 23.4. The molecule has 6 atom stereocenters. The molecule has 10 heteroatoms. The number of aliphatic hydroxyl groups is 3. The van der Waals surface area contributed by atoms with Gasteiger partial charge in [-0.25, -0.2) is 0 Å². The molecule has 216 valence electrons. The van der Waals surface area contributed by atoms with E-state index in [1.807, 2.05) is 49.3 Å². The molecule has 0 spiro atoms. The number of phenols is 1. The Bertz CT molecular complexity index is 1500. The maximum atomic E-state index is 14.1. The second-order valence-electron chi connectivity index (χ2n) is 11.6. The Labute approximate surface area is 238 Å². The van der Waals surface area contributed by atoms with Crippen LogP contribution < -0.4 is 10.6 Å². The minimum absolute atomic E-state index is 0.0114. The molecule has 1 saturated carbocycles. The van der Waals surface area contributed by atoms with Gasteiger partial charge in [0, 0.05) is 42.9 Å². The average Bonchev–Trinajstić information content (AvgIpc) is 2.90. The van der Waals surface area contributed by atoms with Gasteiger partial charge in [0.25, 0.3) is 0 Å². The van der Waals surface area contributed by atoms with Crippen LogP contribution >= 0.6 is 0 Å². The standard InChI is InChI=1S/C31H35N3O7/c1-33(2)20-14-16(11-10-15-8-6-5-7-9-15)25(35)22-18(20)12-17-13-19-24(34(3)4)27(37)23(30(32)40)29(39)31(19,41)28(38)21(17)26(22)36/h5-11,14,17,19,23-24,27,35,37-38,41H,12-13H2,1-4H3,(H2,32,40)/b11-10+/t17-,19-,23?,24-,27?,31-/m0/s1. The number of carbonyl (C=O) groups is 3. The third kappa shape index (κ3) is 4.25. The summed E-state index contributed by atoms with van der Waals surface area (Å²) in [6, 6.07) is 10.3. The van der Waals surface area contributed by atoms with Gasteiger partial charge in [0.1, 0.15) is 17.4 Å². The number of Topliss-reactive ketones (excluding diaryl/α,β-unsaturated/α-hetero) is 2. The molecular weight excluding hydrogens is 526 g/mol. The summed E-state index contributed by atoms with van der Waals surface area (Å²) < 4.78 is 0. The lowest BCUT2D eigenvalue weighted by atomic mass is 9.56. The summed E-state index contributed by atoms with van der Waals surface area (Å²) >= 11 is 0. The van der Waals surface area contributed by atoms with Crippen LogP contribution in [-0.4, -0.2) is 88.7 Å². The van der Waals surface area contributed by atoms with Gasteiger partial charge in [-0.2, -0.15) is 0 Å². The molecule has 6 N–H and O–H groups in total. The number of rotatable bonds is 5. The highest BCUT2D eigenvalue weighted by Gasteiger charge is 2.66. The number of hydrogen-bond acceptors (Lipinski definition) is 9. The van der Waals surface area contributed by atoms with Crippen LogP contribution in [0.2, 0.25) is 0 Å². The number of carbonyl (C=O) groups excluding carboxylic acids is 3. The van der Waals surface area contributed by atoms with Gasteiger partial charge in [-0.05, 0) is 50.0 Å². The van der Waals surface area contributed by atoms with Gasteiger partial charge in [0.05, 0.1) is 11.7 Å². The summed E-state index contributed by atoms with van der Waals surface area (Å²) in [6.07, 6.45) is 2.30. The topological polar surface area (TPSA) is 165 Å². The number of benzene rings is 2. The number of primary amides is 1. The lowest BCUT2D eigenvalue weighted by Crippen LogP contribution is -2.71. The Morgan fingerprint density at radius 2 is 1.73 bits per heavy atom. The Morgan fingerprint density at radius 3 is 2.32 bits per heavy atom. The summed E-state index contributed by atoms with van der Waals surface area (Å²) in [5, 5.41) is 45.7. The van der Waals surface area contributed by atoms with Gasteiger partial charge in [-0.15, -0.1) is 0 Å². The van der Waals surface area contributed by atoms with Gasteiger partial charge in [-0.1, -0.05) is 42.5 Å². The molecule has 3 aliphatic rings. The fraction of sp³-hybridized carbons (Fsp3) is 0.387. The minimum Gasteiger partial charge on any atom is -0.508 e. The van der Waals surface area contributed by atoms with Crippen molar-refractivity contribution in [2.75, 3.05) is 33.1 Å². The van der Waals surface area contributed by atoms with E-state index in [2.05, 4.69) is 0 Å². The quantitative estimate of drug-likeness (QED) is 0.269. The number of aliphatic hydroxyl groups excluding tert-OH is 2. The van der Waals surface area contributed by atoms with E-state index in [-0.39, 0.29) is 29.7 Å². The number of amides is 1. The highest BCUT2D eigenvalue weighted by Crippen LogP contribution is 2.53. The Hall–Kier alpha value is -3.99. The van der Waals surface area contributed by atoms with Crippen molar-refractivity contribution in [2.45, 2.75) is 30.6 Å². The summed E-state index contributed by atoms with van der Waals surface area (Å²) in [6.45, 7) is 0. The molecular formula is C31H35N3O7. The third-order valence-corrected chi connectivity index (χ3v) is 8.84. The molecule has 0 radical (unpaired) electrons. The number of nitrogens with zero attached hydrogens (tertiary/aromatic N) is 2. The van der Waals surface area contributed by atoms with Crippen LogP contribution in [-0.2, 0) is 16.0 Å². The smallest absolute Gasteiger partial charge is 0.230 e. The largest absolute Gasteiger partial charge is 0.508 e. The highest BCUT2D eigenvalue weighted by atomic mass is 16.3. The zero-order chi connectivity index (χ0) is 30.0. The number of aromatic hydroxyl groups is 1. The molecule has 3 aliphatic carbocycles. The maximum Gasteiger partial charge on any atom is 0.230 e. The average molecular weight is 562 g/mol. The van der Waals surface area contributed by atoms with Crippen molar-refractivity contribution >= 4 is 35.3 Å². The van der Waals surface area contributed by atoms with Crippen molar-refractivity contribution in [1.29, 1.82) is 0 Å². The van der Waals surface area contributed by atoms with Gasteiger partial charge in [0.15, 0.2) is 17.2 Å². The predicted molar refractivity (Wildman–Crippen MR) is 153 cm³/mol. The number of fused-ring (bicyclic) bond motifs is 3. The first-order valence-corrected chi connectivity index (χ1v) is 13.5. The first-order chi connectivity index (χ1) is 19.3. The molecule has 0 saturated heterocycles. The van der Waals surface area contributed by atoms with Gasteiger partial charge < -0.3 is 36.0 Å². The van der Waals surface area contributed by atoms with E-state index in [9.17, 15) is 34.8 Å². The van der Waals surface area contributed by atoms with Gasteiger partial charge in [0.2, 0.25) is 5.91 Å². The lowest BCUT2D eigenvalue weighted by Gasteiger charge is -2.53. The van der Waals surface area contributed by atoms with Crippen LogP contribution in [0.4, 0.5) is 5.69 Å². The van der Waals surface area contributed by atoms with E-state index in [0.29, 0.717) is 16.8 Å². The third-order valence-electron chi connectivity index (χ3n) is 8.84. The minimum atomic E-state index is -2.61. The molecule has 0 aliphatic heterocycles. The van der Waals surface area contributed by atoms with E-state index in [1.165, 1.54) is 0 Å². The first-order valence-electron chi connectivity index (χ1n) is 13.5. The number of phenolic OH excluding ortho intramolecular Hbond substituents is 1. The molecule has 2 aromatic carbocycles. The summed E-state index contributed by atoms with van der Waals surface area (Å²) in [5.41, 5.74) is 5.21. The zero-order valence-corrected chi connectivity index (χ0v) is 23.4. The Balaban J connectivity index is 1.69. The van der Waals surface area contributed by atoms with Crippen molar-refractivity contribution in [3.63, 3.8) is 0 Å². The molecule has 2 unspecified atom stereocenters. The molecule has 41 heavy (non-hydrogen) atoms. The van der Waals surface area contributed by atoms with E-state index < -0.39 is 58.7 Å². The number of likely N-dealkylation sites (N-methyl/N-ethyl adjacent to an activating group) is 1. The van der Waals surface area contributed by atoms with Gasteiger partial charge >= 0.3 is 0 Å². The molecule has 5 rings (SSSR count). The van der Waals surface area contributed by atoms with Gasteiger partial charge in [-0.3, -0.25) is 14.4 Å². The Morgan fingerprint density at radius 1 is 1.07 bits per heavy atom. The second kappa shape index (κ2) is 10.1. The van der Waals surface area contributed by atoms with Crippen LogP contribution in [0.1, 0.15) is 33.5 Å². The number of anilines is 1. The Kier molecular flexibility index (Phi) is 7.05. The van der Waals surface area contributed by atoms with Crippen molar-refractivity contribution < 1.29 is 34.8 Å². The van der Waals surface area contributed by atoms with Crippen molar-refractivity contribution in [3.05, 3.63) is 70.0 Å². The summed E-state index contributed by atoms with van der Waals surface area (Å²) in [7, 11) is 6.91. The van der Waals surface area contributed by atoms with Crippen LogP contribution in [0.5, 0.6) is 5.75 Å². The van der Waals surface area contributed by atoms with E-state index >= 15 is 0 Å². The lowest BCUT2D eigenvalue weighted by molar-refractivity contribution is -0.178. The second-order valence-corrected chi connectivity index (χ2v) is 11.6. The molecule has 1 amide bonds. The number of nitrogens with two attached hydrogens (primary N) is 1. The molecule has 10 nitrogen and oxygen atoms in total. The summed E-state index contributed by atoms with van der Waals surface area (Å²) in [4.78, 5) is 43.3. The first kappa shape index (κ1) is 28.5. The van der Waals surface area contributed by atoms with Crippen molar-refractivity contribution in [3.8, 4) is 5.75 Å².